The molecule has 1 heterocycles. The molecule has 4 heteroatoms. The number of fused-ring (bicyclic) bond motifs is 1. The first kappa shape index (κ1) is 17.3. The van der Waals surface area contributed by atoms with E-state index >= 15 is 0 Å². The summed E-state index contributed by atoms with van der Waals surface area (Å²) in [7, 11) is 0. The lowest BCUT2D eigenvalue weighted by Crippen LogP contribution is -2.47. The molecule has 1 spiro atoms. The minimum absolute atomic E-state index is 0.0380. The Balaban J connectivity index is 1.52. The van der Waals surface area contributed by atoms with Gasteiger partial charge in [0.15, 0.2) is 5.11 Å². The first-order valence-electron chi connectivity index (χ1n) is 9.56. The van der Waals surface area contributed by atoms with E-state index in [-0.39, 0.29) is 11.6 Å². The predicted octanol–water partition coefficient (Wildman–Crippen LogP) is 5.51. The van der Waals surface area contributed by atoms with Crippen molar-refractivity contribution in [3.63, 3.8) is 0 Å². The zero-order chi connectivity index (χ0) is 18.0. The number of hydrogen-bond acceptors (Lipinski definition) is 2. The molecule has 2 aliphatic rings. The number of para-hydroxylation sites is 1. The Hall–Kier alpha value is -2.07. The van der Waals surface area contributed by atoms with Gasteiger partial charge >= 0.3 is 0 Å². The van der Waals surface area contributed by atoms with Gasteiger partial charge in [-0.15, -0.1) is 0 Å². The normalized spacial score (nSPS) is 20.7. The number of aryl methyl sites for hydroxylation is 1. The molecule has 0 bridgehead atoms. The summed E-state index contributed by atoms with van der Waals surface area (Å²) in [5.41, 5.74) is 3.42. The third-order valence-electron chi connectivity index (χ3n) is 5.58. The average Bonchev–Trinajstić information content (AvgIpc) is 2.64. The van der Waals surface area contributed by atoms with Crippen LogP contribution in [0.1, 0.15) is 55.7 Å². The molecule has 0 radical (unpaired) electrons. The molecular formula is C22H26N2OS. The van der Waals surface area contributed by atoms with Crippen molar-refractivity contribution in [3.05, 3.63) is 59.7 Å². The summed E-state index contributed by atoms with van der Waals surface area (Å²) in [6.07, 6.45) is 7.06. The lowest BCUT2D eigenvalue weighted by molar-refractivity contribution is -0.000309. The van der Waals surface area contributed by atoms with Crippen LogP contribution in [-0.2, 0) is 0 Å². The summed E-state index contributed by atoms with van der Waals surface area (Å²) in [5.74, 6) is 1.01. The van der Waals surface area contributed by atoms with Crippen LogP contribution in [0.25, 0.3) is 0 Å². The van der Waals surface area contributed by atoms with Gasteiger partial charge in [-0.2, -0.15) is 0 Å². The van der Waals surface area contributed by atoms with Crippen molar-refractivity contribution in [2.75, 3.05) is 5.32 Å². The SMILES string of the molecule is Cc1ccc(NC(=S)N[C@H]2CC3(CCCCC3)Oc3ccccc32)cc1. The fourth-order valence-corrected chi connectivity index (χ4v) is 4.47. The summed E-state index contributed by atoms with van der Waals surface area (Å²) in [5, 5.41) is 7.54. The molecule has 0 amide bonds. The lowest BCUT2D eigenvalue weighted by Gasteiger charge is -2.45. The standard InChI is InChI=1S/C22H26N2OS/c1-16-9-11-17(12-10-16)23-21(26)24-19-15-22(13-5-2-6-14-22)25-20-8-4-3-7-18(19)20/h3-4,7-12,19H,2,5-6,13-15H2,1H3,(H2,23,24,26)/t19-/m0/s1. The van der Waals surface area contributed by atoms with Crippen molar-refractivity contribution in [1.29, 1.82) is 0 Å². The summed E-state index contributed by atoms with van der Waals surface area (Å²) in [6.45, 7) is 2.09. The van der Waals surface area contributed by atoms with Crippen molar-refractivity contribution in [1.82, 2.24) is 5.32 Å². The van der Waals surface area contributed by atoms with Crippen molar-refractivity contribution in [2.24, 2.45) is 0 Å². The Morgan fingerprint density at radius 2 is 1.77 bits per heavy atom. The van der Waals surface area contributed by atoms with Crippen LogP contribution >= 0.6 is 12.2 Å². The van der Waals surface area contributed by atoms with Crippen LogP contribution < -0.4 is 15.4 Å². The molecule has 0 unspecified atom stereocenters. The summed E-state index contributed by atoms with van der Waals surface area (Å²) < 4.78 is 6.50. The molecule has 1 saturated carbocycles. The van der Waals surface area contributed by atoms with Crippen LogP contribution in [0.3, 0.4) is 0 Å². The molecule has 0 saturated heterocycles. The minimum atomic E-state index is -0.0380. The molecule has 1 aliphatic carbocycles. The minimum Gasteiger partial charge on any atom is -0.487 e. The molecule has 3 nitrogen and oxygen atoms in total. The molecule has 1 aliphatic heterocycles. The summed E-state index contributed by atoms with van der Waals surface area (Å²) in [6, 6.07) is 16.9. The average molecular weight is 367 g/mol. The molecule has 136 valence electrons. The van der Waals surface area contributed by atoms with E-state index in [0.717, 1.165) is 30.7 Å². The number of ether oxygens (including phenoxy) is 1. The molecule has 1 fully saturated rings. The maximum absolute atomic E-state index is 6.50. The van der Waals surface area contributed by atoms with Crippen LogP contribution in [0.15, 0.2) is 48.5 Å². The van der Waals surface area contributed by atoms with E-state index in [2.05, 4.69) is 66.1 Å². The molecule has 4 rings (SSSR count). The number of hydrogen-bond donors (Lipinski definition) is 2. The van der Waals surface area contributed by atoms with Gasteiger partial charge in [-0.3, -0.25) is 0 Å². The van der Waals surface area contributed by atoms with E-state index in [1.807, 2.05) is 0 Å². The number of anilines is 1. The van der Waals surface area contributed by atoms with E-state index in [4.69, 9.17) is 17.0 Å². The van der Waals surface area contributed by atoms with Crippen molar-refractivity contribution < 1.29 is 4.74 Å². The monoisotopic (exact) mass is 366 g/mol. The molecular weight excluding hydrogens is 340 g/mol. The molecule has 1 atom stereocenters. The zero-order valence-electron chi connectivity index (χ0n) is 15.3. The Kier molecular flexibility index (Phi) is 4.86. The summed E-state index contributed by atoms with van der Waals surface area (Å²) in [4.78, 5) is 0. The highest BCUT2D eigenvalue weighted by atomic mass is 32.1. The second-order valence-electron chi connectivity index (χ2n) is 7.60. The molecule has 2 aromatic carbocycles. The quantitative estimate of drug-likeness (QED) is 0.687. The van der Waals surface area contributed by atoms with E-state index in [9.17, 15) is 0 Å². The third-order valence-corrected chi connectivity index (χ3v) is 5.80. The van der Waals surface area contributed by atoms with Crippen LogP contribution in [0.4, 0.5) is 5.69 Å². The highest BCUT2D eigenvalue weighted by molar-refractivity contribution is 7.80. The van der Waals surface area contributed by atoms with Gasteiger partial charge in [0.25, 0.3) is 0 Å². The number of nitrogens with one attached hydrogen (secondary N) is 2. The van der Waals surface area contributed by atoms with Gasteiger partial charge < -0.3 is 15.4 Å². The van der Waals surface area contributed by atoms with Crippen molar-refractivity contribution >= 4 is 23.0 Å². The van der Waals surface area contributed by atoms with E-state index in [1.165, 1.54) is 30.4 Å². The Bertz CT molecular complexity index is 781. The van der Waals surface area contributed by atoms with Crippen LogP contribution in [0.2, 0.25) is 0 Å². The number of thiocarbonyl (C=S) groups is 1. The molecule has 2 N–H and O–H groups in total. The van der Waals surface area contributed by atoms with E-state index < -0.39 is 0 Å². The second-order valence-corrected chi connectivity index (χ2v) is 8.01. The molecule has 2 aromatic rings. The fourth-order valence-electron chi connectivity index (χ4n) is 4.21. The Labute approximate surface area is 161 Å². The van der Waals surface area contributed by atoms with Gasteiger partial charge in [-0.1, -0.05) is 42.3 Å². The van der Waals surface area contributed by atoms with E-state index in [1.54, 1.807) is 0 Å². The first-order valence-corrected chi connectivity index (χ1v) is 9.97. The van der Waals surface area contributed by atoms with Crippen molar-refractivity contribution in [3.8, 4) is 5.75 Å². The Morgan fingerprint density at radius 3 is 2.54 bits per heavy atom. The van der Waals surface area contributed by atoms with Crippen LogP contribution in [0.5, 0.6) is 5.75 Å². The van der Waals surface area contributed by atoms with Gasteiger partial charge in [-0.05, 0) is 63.0 Å². The van der Waals surface area contributed by atoms with E-state index in [0.29, 0.717) is 5.11 Å². The van der Waals surface area contributed by atoms with Gasteiger partial charge in [0, 0.05) is 17.7 Å². The smallest absolute Gasteiger partial charge is 0.171 e. The first-order chi connectivity index (χ1) is 12.6. The Morgan fingerprint density at radius 1 is 1.04 bits per heavy atom. The van der Waals surface area contributed by atoms with Gasteiger partial charge in [0.05, 0.1) is 6.04 Å². The predicted molar refractivity (Wildman–Crippen MR) is 111 cm³/mol. The third kappa shape index (κ3) is 3.70. The van der Waals surface area contributed by atoms with Gasteiger partial charge in [0.1, 0.15) is 11.4 Å². The highest BCUT2D eigenvalue weighted by Crippen LogP contribution is 2.46. The van der Waals surface area contributed by atoms with Crippen LogP contribution in [0, 0.1) is 6.92 Å². The maximum atomic E-state index is 6.50. The van der Waals surface area contributed by atoms with Crippen LogP contribution in [-0.4, -0.2) is 10.7 Å². The topological polar surface area (TPSA) is 33.3 Å². The van der Waals surface area contributed by atoms with Gasteiger partial charge in [-0.25, -0.2) is 0 Å². The summed E-state index contributed by atoms with van der Waals surface area (Å²) >= 11 is 5.61. The number of benzene rings is 2. The lowest BCUT2D eigenvalue weighted by atomic mass is 9.77. The molecule has 26 heavy (non-hydrogen) atoms. The zero-order valence-corrected chi connectivity index (χ0v) is 16.1. The van der Waals surface area contributed by atoms with Gasteiger partial charge in [0.2, 0.25) is 0 Å². The number of rotatable bonds is 2. The largest absolute Gasteiger partial charge is 0.487 e. The molecule has 0 aromatic heterocycles. The fraction of sp³-hybridized carbons (Fsp3) is 0.409. The highest BCUT2D eigenvalue weighted by Gasteiger charge is 2.41. The second kappa shape index (κ2) is 7.28. The van der Waals surface area contributed by atoms with Crippen molar-refractivity contribution in [2.45, 2.75) is 57.1 Å². The maximum Gasteiger partial charge on any atom is 0.171 e.